The van der Waals surface area contributed by atoms with Crippen LogP contribution in [0.4, 0.5) is 0 Å². The summed E-state index contributed by atoms with van der Waals surface area (Å²) >= 11 is 0. The van der Waals surface area contributed by atoms with Crippen molar-refractivity contribution in [2.75, 3.05) is 0 Å². The van der Waals surface area contributed by atoms with E-state index < -0.39 is 6.04 Å². The number of carbonyl (C=O) groups is 1. The number of para-hydroxylation sites is 1. The molecule has 17 heavy (non-hydrogen) atoms. The lowest BCUT2D eigenvalue weighted by atomic mass is 10.1. The van der Waals surface area contributed by atoms with E-state index in [2.05, 4.69) is 12.2 Å². The van der Waals surface area contributed by atoms with Crippen LogP contribution < -0.4 is 11.1 Å². The number of nitrogens with one attached hydrogen (secondary N) is 1. The molecule has 0 bridgehead atoms. The van der Waals surface area contributed by atoms with Crippen LogP contribution in [0.15, 0.2) is 24.3 Å². The first-order valence-electron chi connectivity index (χ1n) is 5.95. The lowest BCUT2D eigenvalue weighted by molar-refractivity contribution is -0.122. The molecule has 1 atom stereocenters. The number of unbranched alkanes of at least 4 members (excludes halogenated alkanes) is 1. The monoisotopic (exact) mass is 236 g/mol. The second-order valence-corrected chi connectivity index (χ2v) is 4.10. The number of carbonyl (C=O) groups excluding carboxylic acids is 1. The highest BCUT2D eigenvalue weighted by Gasteiger charge is 2.12. The van der Waals surface area contributed by atoms with Crippen molar-refractivity contribution >= 4 is 5.91 Å². The van der Waals surface area contributed by atoms with Crippen LogP contribution in [-0.4, -0.2) is 17.1 Å². The Hall–Kier alpha value is -1.55. The molecule has 0 unspecified atom stereocenters. The molecular weight excluding hydrogens is 216 g/mol. The van der Waals surface area contributed by atoms with Crippen LogP contribution in [-0.2, 0) is 11.3 Å². The van der Waals surface area contributed by atoms with E-state index in [4.69, 9.17) is 5.73 Å². The maximum absolute atomic E-state index is 11.6. The Morgan fingerprint density at radius 3 is 2.82 bits per heavy atom. The molecule has 94 valence electrons. The fourth-order valence-corrected chi connectivity index (χ4v) is 1.53. The van der Waals surface area contributed by atoms with Crippen molar-refractivity contribution in [1.29, 1.82) is 0 Å². The van der Waals surface area contributed by atoms with Gasteiger partial charge < -0.3 is 16.2 Å². The summed E-state index contributed by atoms with van der Waals surface area (Å²) in [5.74, 6) is 0.0247. The molecule has 0 heterocycles. The van der Waals surface area contributed by atoms with Crippen molar-refractivity contribution < 1.29 is 9.90 Å². The van der Waals surface area contributed by atoms with Gasteiger partial charge in [0.05, 0.1) is 6.04 Å². The maximum atomic E-state index is 11.6. The summed E-state index contributed by atoms with van der Waals surface area (Å²) in [6, 6.07) is 6.47. The SMILES string of the molecule is CCCC[C@H](N)C(=O)NCc1ccccc1O. The third-order valence-electron chi connectivity index (χ3n) is 2.65. The van der Waals surface area contributed by atoms with Gasteiger partial charge in [-0.3, -0.25) is 4.79 Å². The van der Waals surface area contributed by atoms with Crippen LogP contribution in [0, 0.1) is 0 Å². The minimum absolute atomic E-state index is 0.165. The van der Waals surface area contributed by atoms with Crippen LogP contribution in [0.3, 0.4) is 0 Å². The van der Waals surface area contributed by atoms with Gasteiger partial charge in [0.15, 0.2) is 0 Å². The van der Waals surface area contributed by atoms with Gasteiger partial charge in [0.1, 0.15) is 5.75 Å². The summed E-state index contributed by atoms with van der Waals surface area (Å²) in [6.07, 6.45) is 2.68. The van der Waals surface area contributed by atoms with E-state index in [-0.39, 0.29) is 11.7 Å². The minimum Gasteiger partial charge on any atom is -0.508 e. The molecule has 0 aliphatic rings. The molecule has 4 heteroatoms. The molecule has 1 aromatic rings. The van der Waals surface area contributed by atoms with Crippen molar-refractivity contribution in [1.82, 2.24) is 5.32 Å². The van der Waals surface area contributed by atoms with Crippen molar-refractivity contribution in [3.8, 4) is 5.75 Å². The van der Waals surface area contributed by atoms with Crippen LogP contribution in [0.25, 0.3) is 0 Å². The Morgan fingerprint density at radius 2 is 2.18 bits per heavy atom. The highest BCUT2D eigenvalue weighted by atomic mass is 16.3. The summed E-state index contributed by atoms with van der Waals surface area (Å²) < 4.78 is 0. The summed E-state index contributed by atoms with van der Waals surface area (Å²) in [6.45, 7) is 2.37. The quantitative estimate of drug-likeness (QED) is 0.701. The number of nitrogens with two attached hydrogens (primary N) is 1. The molecule has 4 nitrogen and oxygen atoms in total. The van der Waals surface area contributed by atoms with E-state index in [0.29, 0.717) is 18.5 Å². The maximum Gasteiger partial charge on any atom is 0.237 e. The minimum atomic E-state index is -0.458. The van der Waals surface area contributed by atoms with E-state index in [1.807, 2.05) is 6.07 Å². The zero-order chi connectivity index (χ0) is 12.7. The predicted octanol–water partition coefficient (Wildman–Crippen LogP) is 1.53. The predicted molar refractivity (Wildman–Crippen MR) is 67.5 cm³/mol. The number of phenolic OH excluding ortho intramolecular Hbond substituents is 1. The molecule has 0 saturated carbocycles. The number of hydrogen-bond acceptors (Lipinski definition) is 3. The van der Waals surface area contributed by atoms with Gasteiger partial charge in [-0.25, -0.2) is 0 Å². The normalized spacial score (nSPS) is 12.1. The highest BCUT2D eigenvalue weighted by molar-refractivity contribution is 5.81. The molecule has 0 saturated heterocycles. The number of amides is 1. The van der Waals surface area contributed by atoms with Gasteiger partial charge in [0, 0.05) is 12.1 Å². The first kappa shape index (κ1) is 13.5. The first-order chi connectivity index (χ1) is 8.15. The fourth-order valence-electron chi connectivity index (χ4n) is 1.53. The van der Waals surface area contributed by atoms with Gasteiger partial charge in [0.2, 0.25) is 5.91 Å². The lowest BCUT2D eigenvalue weighted by Gasteiger charge is -2.12. The highest BCUT2D eigenvalue weighted by Crippen LogP contribution is 2.14. The average Bonchev–Trinajstić information content (AvgIpc) is 2.34. The van der Waals surface area contributed by atoms with Crippen molar-refractivity contribution in [3.05, 3.63) is 29.8 Å². The Bertz CT molecular complexity index is 366. The van der Waals surface area contributed by atoms with Gasteiger partial charge in [-0.1, -0.05) is 38.0 Å². The summed E-state index contributed by atoms with van der Waals surface area (Å²) in [7, 11) is 0. The molecule has 1 aromatic carbocycles. The smallest absolute Gasteiger partial charge is 0.237 e. The molecule has 0 aliphatic heterocycles. The zero-order valence-corrected chi connectivity index (χ0v) is 10.1. The van der Waals surface area contributed by atoms with Crippen molar-refractivity contribution in [3.63, 3.8) is 0 Å². The largest absolute Gasteiger partial charge is 0.508 e. The number of benzene rings is 1. The van der Waals surface area contributed by atoms with Crippen molar-refractivity contribution in [2.45, 2.75) is 38.8 Å². The fraction of sp³-hybridized carbons (Fsp3) is 0.462. The molecule has 0 aliphatic carbocycles. The lowest BCUT2D eigenvalue weighted by Crippen LogP contribution is -2.40. The van der Waals surface area contributed by atoms with Gasteiger partial charge in [-0.05, 0) is 12.5 Å². The Balaban J connectivity index is 2.40. The van der Waals surface area contributed by atoms with Gasteiger partial charge in [-0.2, -0.15) is 0 Å². The number of hydrogen-bond donors (Lipinski definition) is 3. The van der Waals surface area contributed by atoms with E-state index in [0.717, 1.165) is 12.8 Å². The summed E-state index contributed by atoms with van der Waals surface area (Å²) in [5.41, 5.74) is 6.43. The standard InChI is InChI=1S/C13H20N2O2/c1-2-3-7-11(14)13(17)15-9-10-6-4-5-8-12(10)16/h4-6,8,11,16H,2-3,7,9,14H2,1H3,(H,15,17)/t11-/m0/s1. The second kappa shape index (κ2) is 6.91. The summed E-state index contributed by atoms with van der Waals surface area (Å²) in [4.78, 5) is 11.6. The Labute approximate surface area is 102 Å². The third-order valence-corrected chi connectivity index (χ3v) is 2.65. The van der Waals surface area contributed by atoms with Crippen LogP contribution in [0.2, 0.25) is 0 Å². The Morgan fingerprint density at radius 1 is 1.47 bits per heavy atom. The zero-order valence-electron chi connectivity index (χ0n) is 10.1. The molecular formula is C13H20N2O2. The molecule has 0 fully saturated rings. The van der Waals surface area contributed by atoms with E-state index >= 15 is 0 Å². The molecule has 0 aromatic heterocycles. The third kappa shape index (κ3) is 4.44. The molecule has 1 amide bonds. The van der Waals surface area contributed by atoms with E-state index in [1.165, 1.54) is 0 Å². The number of phenols is 1. The van der Waals surface area contributed by atoms with Crippen molar-refractivity contribution in [2.24, 2.45) is 5.73 Å². The van der Waals surface area contributed by atoms with Crippen LogP contribution >= 0.6 is 0 Å². The molecule has 1 rings (SSSR count). The van der Waals surface area contributed by atoms with Crippen LogP contribution in [0.1, 0.15) is 31.7 Å². The van der Waals surface area contributed by atoms with Gasteiger partial charge in [0.25, 0.3) is 0 Å². The second-order valence-electron chi connectivity index (χ2n) is 4.10. The van der Waals surface area contributed by atoms with E-state index in [9.17, 15) is 9.90 Å². The van der Waals surface area contributed by atoms with Crippen LogP contribution in [0.5, 0.6) is 5.75 Å². The topological polar surface area (TPSA) is 75.4 Å². The molecule has 0 radical (unpaired) electrons. The van der Waals surface area contributed by atoms with Gasteiger partial charge >= 0.3 is 0 Å². The number of rotatable bonds is 6. The Kier molecular flexibility index (Phi) is 5.49. The first-order valence-corrected chi connectivity index (χ1v) is 5.95. The molecule has 0 spiro atoms. The summed E-state index contributed by atoms with van der Waals surface area (Å²) in [5, 5.41) is 12.2. The average molecular weight is 236 g/mol. The van der Waals surface area contributed by atoms with Gasteiger partial charge in [-0.15, -0.1) is 0 Å². The van der Waals surface area contributed by atoms with E-state index in [1.54, 1.807) is 18.2 Å². The molecule has 4 N–H and O–H groups in total. The number of aromatic hydroxyl groups is 1.